The fourth-order valence-corrected chi connectivity index (χ4v) is 2.68. The predicted octanol–water partition coefficient (Wildman–Crippen LogP) is 3.35. The molecule has 4 nitrogen and oxygen atoms in total. The van der Waals surface area contributed by atoms with Crippen LogP contribution in [0.1, 0.15) is 24.8 Å². The molecule has 2 N–H and O–H groups in total. The van der Waals surface area contributed by atoms with Crippen molar-refractivity contribution in [2.75, 3.05) is 13.1 Å². The minimum atomic E-state index is -2.85. The number of nitrogens with two attached hydrogens (primary N) is 1. The van der Waals surface area contributed by atoms with E-state index in [1.807, 2.05) is 4.90 Å². The first-order valence-electron chi connectivity index (χ1n) is 6.84. The van der Waals surface area contributed by atoms with Gasteiger partial charge in [0.15, 0.2) is 5.96 Å². The van der Waals surface area contributed by atoms with Crippen molar-refractivity contribution >= 4 is 21.9 Å². The lowest BCUT2D eigenvalue weighted by molar-refractivity contribution is -0.0504. The van der Waals surface area contributed by atoms with Crippen molar-refractivity contribution in [1.82, 2.24) is 4.90 Å². The summed E-state index contributed by atoms with van der Waals surface area (Å²) in [5, 5.41) is 0. The van der Waals surface area contributed by atoms with Gasteiger partial charge in [-0.1, -0.05) is 15.9 Å². The Hall–Kier alpha value is -1.37. The highest BCUT2D eigenvalue weighted by Gasteiger charge is 2.13. The highest BCUT2D eigenvalue weighted by molar-refractivity contribution is 9.10. The molecule has 0 radical (unpaired) electrons. The van der Waals surface area contributed by atoms with E-state index in [2.05, 4.69) is 25.7 Å². The molecule has 1 heterocycles. The summed E-state index contributed by atoms with van der Waals surface area (Å²) in [6, 6.07) is 4.86. The molecule has 0 aromatic heterocycles. The lowest BCUT2D eigenvalue weighted by atomic mass is 10.1. The van der Waals surface area contributed by atoms with Crippen molar-refractivity contribution in [3.05, 3.63) is 28.2 Å². The minimum Gasteiger partial charge on any atom is -0.434 e. The van der Waals surface area contributed by atoms with E-state index in [4.69, 9.17) is 5.73 Å². The highest BCUT2D eigenvalue weighted by atomic mass is 79.9. The smallest absolute Gasteiger partial charge is 0.387 e. The molecule has 116 valence electrons. The van der Waals surface area contributed by atoms with Crippen LogP contribution in [-0.2, 0) is 6.54 Å². The summed E-state index contributed by atoms with van der Waals surface area (Å²) in [5.41, 5.74) is 6.53. The van der Waals surface area contributed by atoms with Gasteiger partial charge in [-0.3, -0.25) is 0 Å². The summed E-state index contributed by atoms with van der Waals surface area (Å²) >= 11 is 3.31. The van der Waals surface area contributed by atoms with E-state index in [1.54, 1.807) is 12.1 Å². The van der Waals surface area contributed by atoms with Gasteiger partial charge in [0.1, 0.15) is 5.75 Å². The van der Waals surface area contributed by atoms with Crippen molar-refractivity contribution in [1.29, 1.82) is 0 Å². The molecule has 0 atom stereocenters. The third-order valence-corrected chi connectivity index (χ3v) is 3.82. The Labute approximate surface area is 131 Å². The molecule has 0 unspecified atom stereocenters. The molecule has 1 aliphatic rings. The van der Waals surface area contributed by atoms with Crippen LogP contribution >= 0.6 is 15.9 Å². The van der Waals surface area contributed by atoms with Gasteiger partial charge < -0.3 is 15.4 Å². The summed E-state index contributed by atoms with van der Waals surface area (Å²) in [5.74, 6) is 0.584. The largest absolute Gasteiger partial charge is 0.434 e. The van der Waals surface area contributed by atoms with Gasteiger partial charge in [-0.25, -0.2) is 4.99 Å². The third-order valence-electron chi connectivity index (χ3n) is 3.33. The third kappa shape index (κ3) is 4.84. The molecule has 1 aromatic rings. The molecule has 1 aromatic carbocycles. The molecule has 1 saturated heterocycles. The van der Waals surface area contributed by atoms with Crippen LogP contribution in [0.25, 0.3) is 0 Å². The van der Waals surface area contributed by atoms with E-state index >= 15 is 0 Å². The molecular weight excluding hydrogens is 344 g/mol. The summed E-state index contributed by atoms with van der Waals surface area (Å²) < 4.78 is 30.1. The number of alkyl halides is 2. The second-order valence-electron chi connectivity index (χ2n) is 4.85. The van der Waals surface area contributed by atoms with Gasteiger partial charge in [-0.15, -0.1) is 0 Å². The minimum absolute atomic E-state index is 0.128. The van der Waals surface area contributed by atoms with Crippen LogP contribution in [0.5, 0.6) is 5.75 Å². The second kappa shape index (κ2) is 7.59. The molecule has 1 aliphatic heterocycles. The molecule has 0 saturated carbocycles. The van der Waals surface area contributed by atoms with Crippen molar-refractivity contribution in [3.63, 3.8) is 0 Å². The SMILES string of the molecule is NC(=NCc1cc(Br)ccc1OC(F)F)N1CCCCC1. The molecule has 0 aliphatic carbocycles. The summed E-state index contributed by atoms with van der Waals surface area (Å²) in [7, 11) is 0. The van der Waals surface area contributed by atoms with Gasteiger partial charge in [0.05, 0.1) is 6.54 Å². The fourth-order valence-electron chi connectivity index (χ4n) is 2.27. The molecule has 0 amide bonds. The van der Waals surface area contributed by atoms with Gasteiger partial charge in [-0.2, -0.15) is 8.78 Å². The van der Waals surface area contributed by atoms with Crippen LogP contribution < -0.4 is 10.5 Å². The molecule has 7 heteroatoms. The Morgan fingerprint density at radius 2 is 2.05 bits per heavy atom. The number of hydrogen-bond donors (Lipinski definition) is 1. The summed E-state index contributed by atoms with van der Waals surface area (Å²) in [4.78, 5) is 6.32. The maximum Gasteiger partial charge on any atom is 0.387 e. The first-order valence-corrected chi connectivity index (χ1v) is 7.63. The van der Waals surface area contributed by atoms with Crippen LogP contribution in [0, 0.1) is 0 Å². The van der Waals surface area contributed by atoms with Crippen LogP contribution in [-0.4, -0.2) is 30.6 Å². The molecule has 0 bridgehead atoms. The maximum atomic E-state index is 12.4. The highest BCUT2D eigenvalue weighted by Crippen LogP contribution is 2.25. The second-order valence-corrected chi connectivity index (χ2v) is 5.77. The van der Waals surface area contributed by atoms with E-state index in [0.29, 0.717) is 11.5 Å². The predicted molar refractivity (Wildman–Crippen MR) is 81.5 cm³/mol. The van der Waals surface area contributed by atoms with E-state index in [1.165, 1.54) is 12.5 Å². The van der Waals surface area contributed by atoms with Crippen molar-refractivity contribution in [2.45, 2.75) is 32.4 Å². The van der Waals surface area contributed by atoms with Crippen molar-refractivity contribution in [3.8, 4) is 5.75 Å². The fraction of sp³-hybridized carbons (Fsp3) is 0.500. The standard InChI is InChI=1S/C14H18BrF2N3O/c15-11-4-5-12(21-13(16)17)10(8-11)9-19-14(18)20-6-2-1-3-7-20/h4-5,8,13H,1-3,6-7,9H2,(H2,18,19). The Bertz CT molecular complexity index is 505. The Kier molecular flexibility index (Phi) is 5.78. The first kappa shape index (κ1) is 16.0. The average molecular weight is 362 g/mol. The van der Waals surface area contributed by atoms with Gasteiger partial charge in [-0.05, 0) is 37.5 Å². The van der Waals surface area contributed by atoms with Gasteiger partial charge in [0, 0.05) is 23.1 Å². The zero-order chi connectivity index (χ0) is 15.2. The molecule has 21 heavy (non-hydrogen) atoms. The van der Waals surface area contributed by atoms with Gasteiger partial charge in [0.2, 0.25) is 0 Å². The van der Waals surface area contributed by atoms with Crippen LogP contribution in [0.2, 0.25) is 0 Å². The normalized spacial score (nSPS) is 16.4. The Morgan fingerprint density at radius 3 is 2.71 bits per heavy atom. The number of ether oxygens (including phenoxy) is 1. The molecule has 1 fully saturated rings. The van der Waals surface area contributed by atoms with Gasteiger partial charge >= 0.3 is 6.61 Å². The quantitative estimate of drug-likeness (QED) is 0.660. The number of aliphatic imine (C=N–C) groups is 1. The number of nitrogens with zero attached hydrogens (tertiary/aromatic N) is 2. The van der Waals surface area contributed by atoms with Crippen LogP contribution in [0.3, 0.4) is 0 Å². The van der Waals surface area contributed by atoms with Crippen molar-refractivity contribution in [2.24, 2.45) is 10.7 Å². The number of benzene rings is 1. The summed E-state index contributed by atoms with van der Waals surface area (Å²) in [6.07, 6.45) is 3.42. The lowest BCUT2D eigenvalue weighted by Crippen LogP contribution is -2.40. The lowest BCUT2D eigenvalue weighted by Gasteiger charge is -2.27. The van der Waals surface area contributed by atoms with E-state index in [9.17, 15) is 8.78 Å². The zero-order valence-corrected chi connectivity index (χ0v) is 13.2. The maximum absolute atomic E-state index is 12.4. The zero-order valence-electron chi connectivity index (χ0n) is 11.6. The molecule has 0 spiro atoms. The van der Waals surface area contributed by atoms with E-state index in [-0.39, 0.29) is 12.3 Å². The topological polar surface area (TPSA) is 50.9 Å². The van der Waals surface area contributed by atoms with E-state index in [0.717, 1.165) is 30.4 Å². The van der Waals surface area contributed by atoms with Crippen LogP contribution in [0.15, 0.2) is 27.7 Å². The van der Waals surface area contributed by atoms with Crippen molar-refractivity contribution < 1.29 is 13.5 Å². The first-order chi connectivity index (χ1) is 10.1. The number of guanidine groups is 1. The van der Waals surface area contributed by atoms with Crippen LogP contribution in [0.4, 0.5) is 8.78 Å². The number of hydrogen-bond acceptors (Lipinski definition) is 2. The molecule has 2 rings (SSSR count). The summed E-state index contributed by atoms with van der Waals surface area (Å²) in [6.45, 7) is -0.847. The molecular formula is C14H18BrF2N3O. The number of likely N-dealkylation sites (tertiary alicyclic amines) is 1. The Balaban J connectivity index is 2.08. The van der Waals surface area contributed by atoms with E-state index < -0.39 is 6.61 Å². The number of piperidine rings is 1. The number of halogens is 3. The average Bonchev–Trinajstić information content (AvgIpc) is 2.47. The Morgan fingerprint density at radius 1 is 1.33 bits per heavy atom. The number of rotatable bonds is 4. The monoisotopic (exact) mass is 361 g/mol. The van der Waals surface area contributed by atoms with Gasteiger partial charge in [0.25, 0.3) is 0 Å².